The maximum absolute atomic E-state index is 9.69. The van der Waals surface area contributed by atoms with Crippen molar-refractivity contribution in [2.24, 2.45) is 0 Å². The zero-order valence-corrected chi connectivity index (χ0v) is 17.1. The first-order chi connectivity index (χ1) is 15.2. The number of pyridine rings is 1. The normalized spacial score (nSPS) is 10.3. The summed E-state index contributed by atoms with van der Waals surface area (Å²) in [4.78, 5) is 4.44. The number of rotatable bonds is 6. The van der Waals surface area contributed by atoms with Crippen LogP contribution in [-0.4, -0.2) is 12.1 Å². The van der Waals surface area contributed by atoms with Gasteiger partial charge in [0.1, 0.15) is 35.6 Å². The number of nitrogen functional groups attached to an aromatic ring is 1. The number of aromatic nitrogens is 1. The Bertz CT molecular complexity index is 1230. The third kappa shape index (κ3) is 4.49. The van der Waals surface area contributed by atoms with E-state index in [0.717, 1.165) is 22.4 Å². The molecule has 3 aromatic carbocycles. The molecule has 0 aliphatic heterocycles. The molecule has 1 aromatic heterocycles. The molecule has 1 heterocycles. The lowest BCUT2D eigenvalue weighted by molar-refractivity contribution is 0.306. The van der Waals surface area contributed by atoms with Crippen LogP contribution >= 0.6 is 0 Å². The molecular weight excluding hydrogens is 386 g/mol. The van der Waals surface area contributed by atoms with Crippen LogP contribution in [0.1, 0.15) is 11.1 Å². The summed E-state index contributed by atoms with van der Waals surface area (Å²) in [5.74, 6) is 1.67. The molecule has 4 rings (SSSR count). The molecule has 0 spiro atoms. The monoisotopic (exact) mass is 407 g/mol. The van der Waals surface area contributed by atoms with Crippen molar-refractivity contribution < 1.29 is 9.47 Å². The number of ether oxygens (including phenoxy) is 2. The molecule has 0 unspecified atom stereocenters. The topological polar surface area (TPSA) is 81.2 Å². The first kappa shape index (κ1) is 20.0. The maximum atomic E-state index is 9.69. The molecule has 0 atom stereocenters. The molecule has 2 N–H and O–H groups in total. The number of anilines is 1. The lowest BCUT2D eigenvalue weighted by Crippen LogP contribution is -2.00. The zero-order valence-electron chi connectivity index (χ0n) is 17.1. The summed E-state index contributed by atoms with van der Waals surface area (Å²) in [7, 11) is 1.62. The van der Waals surface area contributed by atoms with Crippen molar-refractivity contribution in [3.8, 4) is 40.0 Å². The zero-order chi connectivity index (χ0) is 21.6. The molecule has 0 radical (unpaired) electrons. The van der Waals surface area contributed by atoms with E-state index in [1.54, 1.807) is 7.11 Å². The molecule has 31 heavy (non-hydrogen) atoms. The molecule has 152 valence electrons. The molecular formula is C26H21N3O2. The lowest BCUT2D eigenvalue weighted by atomic mass is 9.98. The van der Waals surface area contributed by atoms with Gasteiger partial charge in [-0.25, -0.2) is 4.98 Å². The number of nitrogens with zero attached hydrogens (tertiary/aromatic N) is 2. The number of hydrogen-bond acceptors (Lipinski definition) is 5. The molecule has 0 aliphatic carbocycles. The smallest absolute Gasteiger partial charge is 0.142 e. The van der Waals surface area contributed by atoms with E-state index in [0.29, 0.717) is 29.2 Å². The van der Waals surface area contributed by atoms with Gasteiger partial charge in [-0.2, -0.15) is 5.26 Å². The van der Waals surface area contributed by atoms with Crippen molar-refractivity contribution >= 4 is 5.82 Å². The number of nitrogens with two attached hydrogens (primary N) is 1. The number of benzene rings is 3. The predicted octanol–water partition coefficient (Wildman–Crippen LogP) is 5.46. The van der Waals surface area contributed by atoms with Gasteiger partial charge in [-0.05, 0) is 53.6 Å². The molecule has 5 heteroatoms. The quantitative estimate of drug-likeness (QED) is 0.459. The van der Waals surface area contributed by atoms with E-state index >= 15 is 0 Å². The predicted molar refractivity (Wildman–Crippen MR) is 122 cm³/mol. The highest BCUT2D eigenvalue weighted by Gasteiger charge is 2.14. The molecule has 0 saturated heterocycles. The molecule has 0 aliphatic rings. The van der Waals surface area contributed by atoms with Gasteiger partial charge in [-0.1, -0.05) is 42.5 Å². The Morgan fingerprint density at radius 1 is 0.871 bits per heavy atom. The summed E-state index contributed by atoms with van der Waals surface area (Å²) in [5.41, 5.74) is 10.7. The van der Waals surface area contributed by atoms with Crippen LogP contribution in [0.4, 0.5) is 5.82 Å². The third-order valence-electron chi connectivity index (χ3n) is 4.94. The Labute approximate surface area is 181 Å². The number of hydrogen-bond donors (Lipinski definition) is 1. The highest BCUT2D eigenvalue weighted by molar-refractivity contribution is 5.80. The molecule has 0 amide bonds. The van der Waals surface area contributed by atoms with Crippen LogP contribution < -0.4 is 15.2 Å². The van der Waals surface area contributed by atoms with E-state index in [1.165, 1.54) is 0 Å². The van der Waals surface area contributed by atoms with Crippen molar-refractivity contribution in [2.45, 2.75) is 6.61 Å². The first-order valence-corrected chi connectivity index (χ1v) is 9.80. The van der Waals surface area contributed by atoms with Gasteiger partial charge < -0.3 is 15.2 Å². The highest BCUT2D eigenvalue weighted by atomic mass is 16.5. The highest BCUT2D eigenvalue weighted by Crippen LogP contribution is 2.33. The second-order valence-electron chi connectivity index (χ2n) is 6.96. The average Bonchev–Trinajstić information content (AvgIpc) is 2.83. The summed E-state index contributed by atoms with van der Waals surface area (Å²) in [6.07, 6.45) is 0. The first-order valence-electron chi connectivity index (χ1n) is 9.80. The second-order valence-corrected chi connectivity index (χ2v) is 6.96. The van der Waals surface area contributed by atoms with Gasteiger partial charge in [0, 0.05) is 11.1 Å². The van der Waals surface area contributed by atoms with Crippen LogP contribution in [-0.2, 0) is 6.61 Å². The molecule has 0 fully saturated rings. The van der Waals surface area contributed by atoms with E-state index in [4.69, 9.17) is 15.2 Å². The van der Waals surface area contributed by atoms with Crippen molar-refractivity contribution in [1.29, 1.82) is 5.26 Å². The van der Waals surface area contributed by atoms with Gasteiger partial charge in [-0.15, -0.1) is 0 Å². The third-order valence-corrected chi connectivity index (χ3v) is 4.94. The number of nitriles is 1. The summed E-state index contributed by atoms with van der Waals surface area (Å²) < 4.78 is 11.2. The van der Waals surface area contributed by atoms with Crippen molar-refractivity contribution in [3.05, 3.63) is 96.1 Å². The van der Waals surface area contributed by atoms with Crippen LogP contribution in [0.5, 0.6) is 11.5 Å². The van der Waals surface area contributed by atoms with Crippen LogP contribution in [0.25, 0.3) is 22.4 Å². The van der Waals surface area contributed by atoms with E-state index in [1.807, 2.05) is 84.9 Å². The van der Waals surface area contributed by atoms with Gasteiger partial charge in [0.05, 0.1) is 12.8 Å². The molecule has 4 aromatic rings. The van der Waals surface area contributed by atoms with Crippen LogP contribution in [0, 0.1) is 11.3 Å². The minimum absolute atomic E-state index is 0.196. The number of methoxy groups -OCH3 is 1. The molecule has 5 nitrogen and oxygen atoms in total. The SMILES string of the molecule is COc1ccc(-c2cc(-c3cccc(OCc4ccccc4)c3)c(C#N)c(N)n2)cc1. The molecule has 0 saturated carbocycles. The van der Waals surface area contributed by atoms with Crippen LogP contribution in [0.15, 0.2) is 84.9 Å². The second kappa shape index (κ2) is 9.02. The Morgan fingerprint density at radius 3 is 2.35 bits per heavy atom. The van der Waals surface area contributed by atoms with Crippen molar-refractivity contribution in [2.75, 3.05) is 12.8 Å². The standard InChI is InChI=1S/C26H21N3O2/c1-30-21-12-10-19(11-13-21)25-15-23(24(16-27)26(28)29-25)20-8-5-9-22(14-20)31-17-18-6-3-2-4-7-18/h2-15H,17H2,1H3,(H2,28,29). The average molecular weight is 407 g/mol. The van der Waals surface area contributed by atoms with Crippen molar-refractivity contribution in [1.82, 2.24) is 4.98 Å². The van der Waals surface area contributed by atoms with E-state index in [9.17, 15) is 5.26 Å². The summed E-state index contributed by atoms with van der Waals surface area (Å²) in [6.45, 7) is 0.463. The fraction of sp³-hybridized carbons (Fsp3) is 0.0769. The van der Waals surface area contributed by atoms with Gasteiger partial charge in [-0.3, -0.25) is 0 Å². The van der Waals surface area contributed by atoms with E-state index in [-0.39, 0.29) is 5.82 Å². The lowest BCUT2D eigenvalue weighted by Gasteiger charge is -2.12. The Hall–Kier alpha value is -4.30. The van der Waals surface area contributed by atoms with Gasteiger partial charge in [0.25, 0.3) is 0 Å². The summed E-state index contributed by atoms with van der Waals surface area (Å²) in [5, 5.41) is 9.69. The van der Waals surface area contributed by atoms with Crippen LogP contribution in [0.3, 0.4) is 0 Å². The minimum atomic E-state index is 0.196. The van der Waals surface area contributed by atoms with Crippen LogP contribution in [0.2, 0.25) is 0 Å². The van der Waals surface area contributed by atoms with Crippen molar-refractivity contribution in [3.63, 3.8) is 0 Å². The largest absolute Gasteiger partial charge is 0.497 e. The Kier molecular flexibility index (Phi) is 5.82. The Morgan fingerprint density at radius 2 is 1.65 bits per heavy atom. The summed E-state index contributed by atoms with van der Waals surface area (Å²) >= 11 is 0. The van der Waals surface area contributed by atoms with Gasteiger partial charge in [0.2, 0.25) is 0 Å². The van der Waals surface area contributed by atoms with Gasteiger partial charge in [0.15, 0.2) is 0 Å². The minimum Gasteiger partial charge on any atom is -0.497 e. The van der Waals surface area contributed by atoms with Gasteiger partial charge >= 0.3 is 0 Å². The molecule has 0 bridgehead atoms. The Balaban J connectivity index is 1.69. The fourth-order valence-corrected chi connectivity index (χ4v) is 3.31. The summed E-state index contributed by atoms with van der Waals surface area (Å²) in [6, 6.07) is 29.2. The van der Waals surface area contributed by atoms with E-state index < -0.39 is 0 Å². The maximum Gasteiger partial charge on any atom is 0.142 e. The van der Waals surface area contributed by atoms with E-state index in [2.05, 4.69) is 11.1 Å². The fourth-order valence-electron chi connectivity index (χ4n) is 3.31.